The Kier molecular flexibility index (Phi) is 3.40. The van der Waals surface area contributed by atoms with Gasteiger partial charge in [-0.3, -0.25) is 9.78 Å². The van der Waals surface area contributed by atoms with E-state index in [1.54, 1.807) is 6.20 Å². The summed E-state index contributed by atoms with van der Waals surface area (Å²) >= 11 is 0. The minimum atomic E-state index is -0.116. The molecule has 1 N–H and O–H groups in total. The number of pyridine rings is 1. The molecular weight excluding hydrogens is 260 g/mol. The summed E-state index contributed by atoms with van der Waals surface area (Å²) in [6.07, 6.45) is 1.68. The predicted molar refractivity (Wildman–Crippen MR) is 85.6 cm³/mol. The van der Waals surface area contributed by atoms with Crippen molar-refractivity contribution in [2.75, 3.05) is 5.32 Å². The number of aryl methyl sites for hydroxylation is 2. The number of nitrogens with zero attached hydrogens (tertiary/aromatic N) is 1. The summed E-state index contributed by atoms with van der Waals surface area (Å²) in [4.78, 5) is 16.6. The fraction of sp³-hybridized carbons (Fsp3) is 0.111. The van der Waals surface area contributed by atoms with Crippen LogP contribution < -0.4 is 5.32 Å². The number of carbonyl (C=O) groups is 1. The van der Waals surface area contributed by atoms with Gasteiger partial charge in [-0.05, 0) is 49.2 Å². The first-order valence-corrected chi connectivity index (χ1v) is 6.87. The van der Waals surface area contributed by atoms with Crippen LogP contribution in [0, 0.1) is 13.8 Å². The molecule has 0 fully saturated rings. The standard InChI is InChI=1S/C18H16N2O/c1-12-7-8-15(9-13(12)2)18(21)20-16-10-14-5-3-4-6-17(14)19-11-16/h3-11H,1-2H3,(H,20,21). The molecule has 1 aromatic heterocycles. The topological polar surface area (TPSA) is 42.0 Å². The number of aromatic nitrogens is 1. The molecule has 1 amide bonds. The molecule has 0 spiro atoms. The van der Waals surface area contributed by atoms with E-state index in [-0.39, 0.29) is 5.91 Å². The van der Waals surface area contributed by atoms with Gasteiger partial charge in [-0.2, -0.15) is 0 Å². The molecule has 3 aromatic rings. The Morgan fingerprint density at radius 2 is 1.81 bits per heavy atom. The molecule has 104 valence electrons. The molecule has 0 saturated carbocycles. The third-order valence-corrected chi connectivity index (χ3v) is 3.62. The van der Waals surface area contributed by atoms with E-state index in [0.29, 0.717) is 11.3 Å². The van der Waals surface area contributed by atoms with Gasteiger partial charge in [0.15, 0.2) is 0 Å². The van der Waals surface area contributed by atoms with Crippen LogP contribution in [0.2, 0.25) is 0 Å². The van der Waals surface area contributed by atoms with E-state index < -0.39 is 0 Å². The molecule has 0 radical (unpaired) electrons. The van der Waals surface area contributed by atoms with Crippen LogP contribution >= 0.6 is 0 Å². The molecule has 0 saturated heterocycles. The quantitative estimate of drug-likeness (QED) is 0.765. The van der Waals surface area contributed by atoms with E-state index in [9.17, 15) is 4.79 Å². The van der Waals surface area contributed by atoms with Crippen LogP contribution in [0.25, 0.3) is 10.9 Å². The molecule has 3 heteroatoms. The second-order valence-corrected chi connectivity index (χ2v) is 5.17. The van der Waals surface area contributed by atoms with E-state index in [2.05, 4.69) is 10.3 Å². The lowest BCUT2D eigenvalue weighted by atomic mass is 10.1. The molecule has 21 heavy (non-hydrogen) atoms. The lowest BCUT2D eigenvalue weighted by Gasteiger charge is -2.08. The molecule has 2 aromatic carbocycles. The third kappa shape index (κ3) is 2.77. The SMILES string of the molecule is Cc1ccc(C(=O)Nc2cnc3ccccc3c2)cc1C. The molecule has 1 heterocycles. The van der Waals surface area contributed by atoms with Gasteiger partial charge in [-0.25, -0.2) is 0 Å². The molecule has 0 unspecified atom stereocenters. The molecule has 0 bridgehead atoms. The highest BCUT2D eigenvalue weighted by molar-refractivity contribution is 6.05. The van der Waals surface area contributed by atoms with Crippen molar-refractivity contribution >= 4 is 22.5 Å². The van der Waals surface area contributed by atoms with E-state index in [0.717, 1.165) is 16.5 Å². The highest BCUT2D eigenvalue weighted by Gasteiger charge is 2.07. The summed E-state index contributed by atoms with van der Waals surface area (Å²) in [5, 5.41) is 3.91. The number of amides is 1. The Hall–Kier alpha value is -2.68. The normalized spacial score (nSPS) is 10.6. The van der Waals surface area contributed by atoms with Crippen LogP contribution in [-0.2, 0) is 0 Å². The van der Waals surface area contributed by atoms with Crippen LogP contribution in [-0.4, -0.2) is 10.9 Å². The average Bonchev–Trinajstić information content (AvgIpc) is 2.50. The molecule has 0 aliphatic carbocycles. The van der Waals surface area contributed by atoms with Crippen molar-refractivity contribution in [1.82, 2.24) is 4.98 Å². The average molecular weight is 276 g/mol. The van der Waals surface area contributed by atoms with Crippen molar-refractivity contribution in [3.8, 4) is 0 Å². The zero-order chi connectivity index (χ0) is 14.8. The smallest absolute Gasteiger partial charge is 0.255 e. The van der Waals surface area contributed by atoms with Crippen molar-refractivity contribution in [2.24, 2.45) is 0 Å². The van der Waals surface area contributed by atoms with Gasteiger partial charge in [-0.1, -0.05) is 24.3 Å². The van der Waals surface area contributed by atoms with Crippen LogP contribution in [0.5, 0.6) is 0 Å². The summed E-state index contributed by atoms with van der Waals surface area (Å²) in [6, 6.07) is 15.5. The second kappa shape index (κ2) is 5.37. The summed E-state index contributed by atoms with van der Waals surface area (Å²) in [6.45, 7) is 4.04. The number of fused-ring (bicyclic) bond motifs is 1. The first-order chi connectivity index (χ1) is 10.1. The number of para-hydroxylation sites is 1. The predicted octanol–water partition coefficient (Wildman–Crippen LogP) is 4.10. The number of carbonyl (C=O) groups excluding carboxylic acids is 1. The van der Waals surface area contributed by atoms with Gasteiger partial charge >= 0.3 is 0 Å². The van der Waals surface area contributed by atoms with Crippen LogP contribution in [0.1, 0.15) is 21.5 Å². The fourth-order valence-electron chi connectivity index (χ4n) is 2.23. The number of benzene rings is 2. The van der Waals surface area contributed by atoms with Crippen molar-refractivity contribution < 1.29 is 4.79 Å². The Morgan fingerprint density at radius 3 is 2.62 bits per heavy atom. The summed E-state index contributed by atoms with van der Waals surface area (Å²) < 4.78 is 0. The Bertz CT molecular complexity index is 824. The van der Waals surface area contributed by atoms with Crippen molar-refractivity contribution in [3.05, 3.63) is 71.4 Å². The number of hydrogen-bond acceptors (Lipinski definition) is 2. The molecular formula is C18H16N2O. The lowest BCUT2D eigenvalue weighted by molar-refractivity contribution is 0.102. The van der Waals surface area contributed by atoms with Gasteiger partial charge in [-0.15, -0.1) is 0 Å². The van der Waals surface area contributed by atoms with Gasteiger partial charge in [0, 0.05) is 10.9 Å². The number of hydrogen-bond donors (Lipinski definition) is 1. The van der Waals surface area contributed by atoms with Gasteiger partial charge in [0.25, 0.3) is 5.91 Å². The third-order valence-electron chi connectivity index (χ3n) is 3.62. The van der Waals surface area contributed by atoms with Crippen molar-refractivity contribution in [1.29, 1.82) is 0 Å². The molecule has 0 aliphatic rings. The number of nitrogens with one attached hydrogen (secondary N) is 1. The second-order valence-electron chi connectivity index (χ2n) is 5.17. The van der Waals surface area contributed by atoms with Crippen molar-refractivity contribution in [2.45, 2.75) is 13.8 Å². The largest absolute Gasteiger partial charge is 0.321 e. The van der Waals surface area contributed by atoms with Crippen LogP contribution in [0.3, 0.4) is 0 Å². The van der Waals surface area contributed by atoms with E-state index in [1.165, 1.54) is 5.56 Å². The zero-order valence-electron chi connectivity index (χ0n) is 12.1. The fourth-order valence-corrected chi connectivity index (χ4v) is 2.23. The van der Waals surface area contributed by atoms with Gasteiger partial charge in [0.05, 0.1) is 17.4 Å². The molecule has 0 aliphatic heterocycles. The summed E-state index contributed by atoms with van der Waals surface area (Å²) in [5.41, 5.74) is 4.57. The zero-order valence-corrected chi connectivity index (χ0v) is 12.1. The molecule has 3 rings (SSSR count). The minimum absolute atomic E-state index is 0.116. The first kappa shape index (κ1) is 13.3. The maximum absolute atomic E-state index is 12.3. The Morgan fingerprint density at radius 1 is 1.00 bits per heavy atom. The Balaban J connectivity index is 1.87. The van der Waals surface area contributed by atoms with E-state index in [1.807, 2.05) is 62.4 Å². The number of anilines is 1. The maximum Gasteiger partial charge on any atom is 0.255 e. The van der Waals surface area contributed by atoms with Crippen LogP contribution in [0.4, 0.5) is 5.69 Å². The maximum atomic E-state index is 12.3. The van der Waals surface area contributed by atoms with E-state index >= 15 is 0 Å². The summed E-state index contributed by atoms with van der Waals surface area (Å²) in [7, 11) is 0. The van der Waals surface area contributed by atoms with Gasteiger partial charge < -0.3 is 5.32 Å². The minimum Gasteiger partial charge on any atom is -0.321 e. The van der Waals surface area contributed by atoms with Crippen molar-refractivity contribution in [3.63, 3.8) is 0 Å². The summed E-state index contributed by atoms with van der Waals surface area (Å²) in [5.74, 6) is -0.116. The van der Waals surface area contributed by atoms with Gasteiger partial charge in [0.1, 0.15) is 0 Å². The first-order valence-electron chi connectivity index (χ1n) is 6.87. The van der Waals surface area contributed by atoms with Crippen LogP contribution in [0.15, 0.2) is 54.7 Å². The van der Waals surface area contributed by atoms with Gasteiger partial charge in [0.2, 0.25) is 0 Å². The Labute approximate surface area is 123 Å². The highest BCUT2D eigenvalue weighted by Crippen LogP contribution is 2.17. The molecule has 0 atom stereocenters. The highest BCUT2D eigenvalue weighted by atomic mass is 16.1. The monoisotopic (exact) mass is 276 g/mol. The number of rotatable bonds is 2. The lowest BCUT2D eigenvalue weighted by Crippen LogP contribution is -2.12. The molecule has 3 nitrogen and oxygen atoms in total. The van der Waals surface area contributed by atoms with E-state index in [4.69, 9.17) is 0 Å².